The van der Waals surface area contributed by atoms with Crippen LogP contribution in [0.1, 0.15) is 6.92 Å². The number of hydrogen-bond acceptors (Lipinski definition) is 1. The second-order valence-corrected chi connectivity index (χ2v) is 3.01. The fourth-order valence-electron chi connectivity index (χ4n) is 0.541. The van der Waals surface area contributed by atoms with Crippen LogP contribution >= 0.6 is 0 Å². The smallest absolute Gasteiger partial charge is 0.136 e. The Morgan fingerprint density at radius 3 is 2.36 bits per heavy atom. The van der Waals surface area contributed by atoms with Crippen molar-refractivity contribution >= 4 is 0 Å². The Hall–Kier alpha value is -0.210. The minimum atomic E-state index is 0. The summed E-state index contributed by atoms with van der Waals surface area (Å²) in [6.07, 6.45) is 1.50. The Morgan fingerprint density at radius 2 is 2.00 bits per heavy atom. The summed E-state index contributed by atoms with van der Waals surface area (Å²) in [6.45, 7) is 8.60. The maximum Gasteiger partial charge on any atom is 0.136 e. The molecule has 2 nitrogen and oxygen atoms in total. The number of nitrogens with zero attached hydrogens (tertiary/aromatic N) is 1. The molecule has 0 heterocycles. The van der Waals surface area contributed by atoms with E-state index in [-0.39, 0.29) is 12.4 Å². The normalized spacial score (nSPS) is 10.1. The zero-order valence-corrected chi connectivity index (χ0v) is 8.40. The topological polar surface area (TPSA) is 9.23 Å². The molecule has 0 amide bonds. The molecule has 0 aliphatic rings. The molecule has 0 rings (SSSR count). The van der Waals surface area contributed by atoms with Crippen LogP contribution in [-0.4, -0.2) is 38.3 Å². The Labute approximate surface area is 75.8 Å². The fourth-order valence-corrected chi connectivity index (χ4v) is 0.541. The fraction of sp³-hybridized carbons (Fsp3) is 0.750. The third kappa shape index (κ3) is 7.69. The van der Waals surface area contributed by atoms with Gasteiger partial charge in [-0.1, -0.05) is 6.58 Å². The molecule has 0 aromatic rings. The summed E-state index contributed by atoms with van der Waals surface area (Å²) >= 11 is 0. The van der Waals surface area contributed by atoms with Gasteiger partial charge in [-0.05, 0) is 6.92 Å². The Morgan fingerprint density at radius 1 is 1.45 bits per heavy atom. The van der Waals surface area contributed by atoms with Crippen LogP contribution in [0.2, 0.25) is 0 Å². The molecule has 0 fully saturated rings. The summed E-state index contributed by atoms with van der Waals surface area (Å²) < 4.78 is 6.03. The van der Waals surface area contributed by atoms with E-state index < -0.39 is 0 Å². The van der Waals surface area contributed by atoms with Crippen LogP contribution in [-0.2, 0) is 4.74 Å². The largest absolute Gasteiger partial charge is 1.00 e. The first kappa shape index (κ1) is 13.4. The van der Waals surface area contributed by atoms with Gasteiger partial charge in [0.05, 0.1) is 26.9 Å². The zero-order chi connectivity index (χ0) is 8.04. The first-order valence-corrected chi connectivity index (χ1v) is 3.67. The van der Waals surface area contributed by atoms with Crippen LogP contribution < -0.4 is 12.4 Å². The van der Waals surface area contributed by atoms with Crippen molar-refractivity contribution in [3.8, 4) is 0 Å². The molecule has 0 aliphatic carbocycles. The van der Waals surface area contributed by atoms with E-state index in [0.29, 0.717) is 0 Å². The van der Waals surface area contributed by atoms with E-state index in [1.54, 1.807) is 0 Å². The van der Waals surface area contributed by atoms with E-state index in [1.165, 1.54) is 6.26 Å². The molecule has 0 saturated carbocycles. The molecule has 0 aliphatic heterocycles. The molecule has 0 N–H and O–H groups in total. The highest BCUT2D eigenvalue weighted by atomic mass is 35.5. The molecular weight excluding hydrogens is 162 g/mol. The Balaban J connectivity index is 0. The molecule has 0 spiro atoms. The van der Waals surface area contributed by atoms with Crippen molar-refractivity contribution in [2.24, 2.45) is 0 Å². The van der Waals surface area contributed by atoms with Gasteiger partial charge in [-0.15, -0.1) is 0 Å². The molecule has 0 atom stereocenters. The number of quaternary nitrogens is 1. The molecule has 11 heavy (non-hydrogen) atoms. The van der Waals surface area contributed by atoms with Crippen LogP contribution in [0.4, 0.5) is 0 Å². The van der Waals surface area contributed by atoms with Gasteiger partial charge >= 0.3 is 0 Å². The van der Waals surface area contributed by atoms with Gasteiger partial charge in [-0.3, -0.25) is 0 Å². The first-order chi connectivity index (χ1) is 4.62. The minimum absolute atomic E-state index is 0. The summed E-state index contributed by atoms with van der Waals surface area (Å²) in [5.41, 5.74) is 0. The van der Waals surface area contributed by atoms with Crippen molar-refractivity contribution in [3.05, 3.63) is 12.8 Å². The molecule has 0 bridgehead atoms. The lowest BCUT2D eigenvalue weighted by molar-refractivity contribution is -0.888. The summed E-state index contributed by atoms with van der Waals surface area (Å²) in [5, 5.41) is 0. The molecule has 0 aromatic carbocycles. The summed E-state index contributed by atoms with van der Waals surface area (Å²) in [5.74, 6) is 0. The molecule has 0 aromatic heterocycles. The van der Waals surface area contributed by atoms with E-state index in [4.69, 9.17) is 4.74 Å². The second kappa shape index (κ2) is 6.50. The maximum atomic E-state index is 5.02. The van der Waals surface area contributed by atoms with E-state index in [2.05, 4.69) is 27.6 Å². The third-order valence-electron chi connectivity index (χ3n) is 1.79. The molecule has 0 unspecified atom stereocenters. The van der Waals surface area contributed by atoms with Crippen molar-refractivity contribution in [2.45, 2.75) is 6.92 Å². The lowest BCUT2D eigenvalue weighted by Gasteiger charge is -2.27. The van der Waals surface area contributed by atoms with E-state index in [9.17, 15) is 0 Å². The van der Waals surface area contributed by atoms with Crippen molar-refractivity contribution in [1.29, 1.82) is 0 Å². The first-order valence-electron chi connectivity index (χ1n) is 3.67. The average molecular weight is 180 g/mol. The van der Waals surface area contributed by atoms with Gasteiger partial charge in [0.25, 0.3) is 0 Å². The van der Waals surface area contributed by atoms with Gasteiger partial charge in [0.1, 0.15) is 13.2 Å². The van der Waals surface area contributed by atoms with E-state index in [0.717, 1.165) is 24.2 Å². The zero-order valence-electron chi connectivity index (χ0n) is 7.64. The van der Waals surface area contributed by atoms with Crippen LogP contribution in [0.5, 0.6) is 0 Å². The van der Waals surface area contributed by atoms with Crippen molar-refractivity contribution in [1.82, 2.24) is 0 Å². The second-order valence-electron chi connectivity index (χ2n) is 3.01. The highest BCUT2D eigenvalue weighted by molar-refractivity contribution is 4.47. The molecular formula is C8H18ClNO. The van der Waals surface area contributed by atoms with Gasteiger partial charge < -0.3 is 21.6 Å². The molecule has 0 radical (unpaired) electrons. The van der Waals surface area contributed by atoms with Gasteiger partial charge in [0.2, 0.25) is 0 Å². The highest BCUT2D eigenvalue weighted by Crippen LogP contribution is 1.94. The summed E-state index contributed by atoms with van der Waals surface area (Å²) in [7, 11) is 4.37. The predicted molar refractivity (Wildman–Crippen MR) is 43.7 cm³/mol. The predicted octanol–water partition coefficient (Wildman–Crippen LogP) is -1.75. The van der Waals surface area contributed by atoms with Crippen molar-refractivity contribution in [3.63, 3.8) is 0 Å². The maximum absolute atomic E-state index is 5.02. The Kier molecular flexibility index (Phi) is 7.91. The Bertz CT molecular complexity index is 104. The minimum Gasteiger partial charge on any atom is -1.00 e. The molecule has 3 heteroatoms. The van der Waals surface area contributed by atoms with Crippen molar-refractivity contribution < 1.29 is 21.6 Å². The number of halogens is 1. The number of likely N-dealkylation sites (N-methyl/N-ethyl adjacent to an activating group) is 1. The summed E-state index contributed by atoms with van der Waals surface area (Å²) in [6, 6.07) is 0. The summed E-state index contributed by atoms with van der Waals surface area (Å²) in [4.78, 5) is 0. The SMILES string of the molecule is C=COCC[N+](C)(C)CC.[Cl-]. The van der Waals surface area contributed by atoms with Crippen LogP contribution in [0, 0.1) is 0 Å². The van der Waals surface area contributed by atoms with Crippen molar-refractivity contribution in [2.75, 3.05) is 33.8 Å². The van der Waals surface area contributed by atoms with Crippen LogP contribution in [0.15, 0.2) is 12.8 Å². The van der Waals surface area contributed by atoms with E-state index in [1.807, 2.05) is 0 Å². The van der Waals surface area contributed by atoms with Crippen LogP contribution in [0.3, 0.4) is 0 Å². The number of rotatable bonds is 5. The lowest BCUT2D eigenvalue weighted by Crippen LogP contribution is -3.00. The standard InChI is InChI=1S/C8H18NO.ClH/c1-5-9(3,4)7-8-10-6-2;/h6H,2,5,7-8H2,1,3-4H3;1H/q+1;/p-1. The number of hydrogen-bond donors (Lipinski definition) is 0. The number of ether oxygens (including phenoxy) is 1. The average Bonchev–Trinajstić information content (AvgIpc) is 1.89. The van der Waals surface area contributed by atoms with Gasteiger partial charge in [-0.25, -0.2) is 0 Å². The van der Waals surface area contributed by atoms with Gasteiger partial charge in [0, 0.05) is 0 Å². The monoisotopic (exact) mass is 179 g/mol. The lowest BCUT2D eigenvalue weighted by atomic mass is 10.4. The third-order valence-corrected chi connectivity index (χ3v) is 1.79. The quantitative estimate of drug-likeness (QED) is 0.276. The van der Waals surface area contributed by atoms with E-state index >= 15 is 0 Å². The van der Waals surface area contributed by atoms with Gasteiger partial charge in [-0.2, -0.15) is 0 Å². The van der Waals surface area contributed by atoms with Crippen LogP contribution in [0.25, 0.3) is 0 Å². The molecule has 0 saturated heterocycles. The molecule has 68 valence electrons. The highest BCUT2D eigenvalue weighted by Gasteiger charge is 2.09. The van der Waals surface area contributed by atoms with Gasteiger partial charge in [0.15, 0.2) is 0 Å².